The van der Waals surface area contributed by atoms with E-state index in [0.717, 1.165) is 43.7 Å². The molecule has 1 aliphatic heterocycles. The van der Waals surface area contributed by atoms with Crippen LogP contribution in [-0.4, -0.2) is 64.3 Å². The van der Waals surface area contributed by atoms with Crippen molar-refractivity contribution < 1.29 is 17.9 Å². The van der Waals surface area contributed by atoms with Crippen LogP contribution in [-0.2, 0) is 19.6 Å². The lowest BCUT2D eigenvalue weighted by Gasteiger charge is -2.30. The van der Waals surface area contributed by atoms with Crippen LogP contribution in [0, 0.1) is 0 Å². The summed E-state index contributed by atoms with van der Waals surface area (Å²) in [5.41, 5.74) is 1.72. The lowest BCUT2D eigenvalue weighted by atomic mass is 10.2. The third kappa shape index (κ3) is 7.12. The summed E-state index contributed by atoms with van der Waals surface area (Å²) in [5.74, 6) is -0.181. The molecule has 0 aromatic heterocycles. The van der Waals surface area contributed by atoms with Crippen molar-refractivity contribution in [3.05, 3.63) is 24.3 Å². The summed E-state index contributed by atoms with van der Waals surface area (Å²) in [6.45, 7) is 5.65. The van der Waals surface area contributed by atoms with Crippen molar-refractivity contribution in [3.63, 3.8) is 0 Å². The maximum Gasteiger partial charge on any atom is 0.225 e. The first kappa shape index (κ1) is 21.7. The van der Waals surface area contributed by atoms with E-state index in [-0.39, 0.29) is 18.9 Å². The number of benzene rings is 1. The molecule has 27 heavy (non-hydrogen) atoms. The van der Waals surface area contributed by atoms with Gasteiger partial charge in [-0.25, -0.2) is 12.7 Å². The van der Waals surface area contributed by atoms with Gasteiger partial charge in [0.05, 0.1) is 30.8 Å². The van der Waals surface area contributed by atoms with E-state index in [0.29, 0.717) is 19.8 Å². The number of sulfonamides is 1. The topological polar surface area (TPSA) is 79.0 Å². The third-order valence-corrected chi connectivity index (χ3v) is 5.90. The van der Waals surface area contributed by atoms with Gasteiger partial charge in [-0.05, 0) is 18.6 Å². The normalized spacial score (nSPS) is 15.1. The van der Waals surface area contributed by atoms with Gasteiger partial charge in [0.15, 0.2) is 0 Å². The van der Waals surface area contributed by atoms with E-state index in [1.54, 1.807) is 0 Å². The predicted molar refractivity (Wildman–Crippen MR) is 109 cm³/mol. The van der Waals surface area contributed by atoms with Crippen molar-refractivity contribution in [1.29, 1.82) is 0 Å². The molecular weight excluding hydrogens is 366 g/mol. The molecule has 8 heteroatoms. The fourth-order valence-corrected chi connectivity index (χ4v) is 3.96. The number of hydrogen-bond acceptors (Lipinski definition) is 5. The summed E-state index contributed by atoms with van der Waals surface area (Å²) in [5, 5.41) is 2.94. The number of para-hydroxylation sites is 2. The molecule has 0 radical (unpaired) electrons. The molecule has 1 amide bonds. The van der Waals surface area contributed by atoms with Crippen molar-refractivity contribution in [1.82, 2.24) is 4.31 Å². The fraction of sp³-hybridized carbons (Fsp3) is 0.632. The first-order valence-corrected chi connectivity index (χ1v) is 11.4. The van der Waals surface area contributed by atoms with Crippen LogP contribution in [0.5, 0.6) is 0 Å². The lowest BCUT2D eigenvalue weighted by molar-refractivity contribution is -0.116. The van der Waals surface area contributed by atoms with Gasteiger partial charge in [-0.1, -0.05) is 31.9 Å². The second-order valence-corrected chi connectivity index (χ2v) is 8.77. The second-order valence-electron chi connectivity index (χ2n) is 6.78. The first-order valence-electron chi connectivity index (χ1n) is 9.58. The van der Waals surface area contributed by atoms with E-state index in [2.05, 4.69) is 17.1 Å². The smallest absolute Gasteiger partial charge is 0.225 e. The Balaban J connectivity index is 1.94. The Kier molecular flexibility index (Phi) is 8.53. The van der Waals surface area contributed by atoms with Crippen molar-refractivity contribution in [2.45, 2.75) is 32.6 Å². The van der Waals surface area contributed by atoms with Gasteiger partial charge in [-0.2, -0.15) is 0 Å². The van der Waals surface area contributed by atoms with E-state index < -0.39 is 10.0 Å². The Morgan fingerprint density at radius 1 is 1.19 bits per heavy atom. The summed E-state index contributed by atoms with van der Waals surface area (Å²) in [4.78, 5) is 14.6. The number of morpholine rings is 1. The number of hydrogen-bond donors (Lipinski definition) is 1. The Morgan fingerprint density at radius 3 is 2.56 bits per heavy atom. The molecule has 7 nitrogen and oxygen atoms in total. The molecule has 1 saturated heterocycles. The average Bonchev–Trinajstić information content (AvgIpc) is 2.64. The van der Waals surface area contributed by atoms with E-state index in [9.17, 15) is 13.2 Å². The number of nitrogens with zero attached hydrogens (tertiary/aromatic N) is 2. The van der Waals surface area contributed by atoms with Gasteiger partial charge < -0.3 is 15.0 Å². The minimum Gasteiger partial charge on any atom is -0.378 e. The van der Waals surface area contributed by atoms with Gasteiger partial charge >= 0.3 is 0 Å². The highest BCUT2D eigenvalue weighted by Gasteiger charge is 2.19. The molecule has 1 heterocycles. The molecular formula is C19H31N3O4S. The number of nitrogens with one attached hydrogen (secondary N) is 1. The summed E-state index contributed by atoms with van der Waals surface area (Å²) in [6, 6.07) is 7.68. The van der Waals surface area contributed by atoms with Gasteiger partial charge in [0.25, 0.3) is 0 Å². The van der Waals surface area contributed by atoms with Gasteiger partial charge in [0.1, 0.15) is 0 Å². The maximum atomic E-state index is 12.4. The molecule has 0 aliphatic carbocycles. The molecule has 2 rings (SSSR count). The molecule has 0 spiro atoms. The number of unbranched alkanes of at least 4 members (excludes halogenated alkanes) is 2. The van der Waals surface area contributed by atoms with Crippen LogP contribution in [0.15, 0.2) is 24.3 Å². The largest absolute Gasteiger partial charge is 0.378 e. The molecule has 0 saturated carbocycles. The summed E-state index contributed by atoms with van der Waals surface area (Å²) < 4.78 is 30.7. The molecule has 0 atom stereocenters. The zero-order valence-corrected chi connectivity index (χ0v) is 17.1. The van der Waals surface area contributed by atoms with E-state index in [4.69, 9.17) is 4.74 Å². The molecule has 1 N–H and O–H groups in total. The van der Waals surface area contributed by atoms with Crippen LogP contribution < -0.4 is 10.2 Å². The number of rotatable bonds is 10. The third-order valence-electron chi connectivity index (χ3n) is 4.60. The van der Waals surface area contributed by atoms with Crippen LogP contribution in [0.25, 0.3) is 0 Å². The van der Waals surface area contributed by atoms with Crippen molar-refractivity contribution in [2.24, 2.45) is 0 Å². The first-order chi connectivity index (χ1) is 12.9. The SMILES string of the molecule is CCCCCN(CCC(=O)Nc1ccccc1N1CCOCC1)S(C)(=O)=O. The lowest BCUT2D eigenvalue weighted by Crippen LogP contribution is -2.37. The van der Waals surface area contributed by atoms with Crippen molar-refractivity contribution >= 4 is 27.3 Å². The molecule has 0 unspecified atom stereocenters. The standard InChI is InChI=1S/C19H31N3O4S/c1-3-4-7-11-22(27(2,24)25)12-10-19(23)20-17-8-5-6-9-18(17)21-13-15-26-16-14-21/h5-6,8-9H,3-4,7,10-16H2,1-2H3,(H,20,23). The number of ether oxygens (including phenoxy) is 1. The molecule has 152 valence electrons. The molecule has 1 aromatic carbocycles. The summed E-state index contributed by atoms with van der Waals surface area (Å²) in [7, 11) is -3.31. The van der Waals surface area contributed by atoms with Gasteiger partial charge in [0, 0.05) is 32.6 Å². The quantitative estimate of drug-likeness (QED) is 0.613. The number of carbonyl (C=O) groups is 1. The zero-order valence-electron chi connectivity index (χ0n) is 16.3. The van der Waals surface area contributed by atoms with Crippen molar-refractivity contribution in [3.8, 4) is 0 Å². The molecule has 1 aromatic rings. The van der Waals surface area contributed by atoms with Gasteiger partial charge in [0.2, 0.25) is 15.9 Å². The minimum atomic E-state index is -3.31. The van der Waals surface area contributed by atoms with E-state index in [1.807, 2.05) is 24.3 Å². The zero-order chi connectivity index (χ0) is 19.7. The number of amides is 1. The van der Waals surface area contributed by atoms with Crippen molar-refractivity contribution in [2.75, 3.05) is 55.9 Å². The number of anilines is 2. The fourth-order valence-electron chi connectivity index (χ4n) is 3.08. The highest BCUT2D eigenvalue weighted by atomic mass is 32.2. The summed E-state index contributed by atoms with van der Waals surface area (Å²) >= 11 is 0. The maximum absolute atomic E-state index is 12.4. The molecule has 1 aliphatic rings. The Bertz CT molecular complexity index is 703. The Hall–Kier alpha value is -1.64. The van der Waals surface area contributed by atoms with Crippen LogP contribution in [0.1, 0.15) is 32.6 Å². The van der Waals surface area contributed by atoms with Gasteiger partial charge in [-0.3, -0.25) is 4.79 Å². The monoisotopic (exact) mass is 397 g/mol. The Morgan fingerprint density at radius 2 is 1.89 bits per heavy atom. The van der Waals surface area contributed by atoms with E-state index in [1.165, 1.54) is 10.6 Å². The van der Waals surface area contributed by atoms with Crippen LogP contribution >= 0.6 is 0 Å². The van der Waals surface area contributed by atoms with Crippen LogP contribution in [0.2, 0.25) is 0 Å². The highest BCUT2D eigenvalue weighted by Crippen LogP contribution is 2.26. The number of carbonyl (C=O) groups excluding carboxylic acids is 1. The second kappa shape index (κ2) is 10.6. The Labute approximate surface area is 162 Å². The average molecular weight is 398 g/mol. The predicted octanol–water partition coefficient (Wildman–Crippen LogP) is 2.30. The van der Waals surface area contributed by atoms with Crippen LogP contribution in [0.3, 0.4) is 0 Å². The molecule has 0 bridgehead atoms. The summed E-state index contributed by atoms with van der Waals surface area (Å²) in [6.07, 6.45) is 4.15. The minimum absolute atomic E-state index is 0.136. The highest BCUT2D eigenvalue weighted by molar-refractivity contribution is 7.88. The molecule has 1 fully saturated rings. The van der Waals surface area contributed by atoms with Crippen LogP contribution in [0.4, 0.5) is 11.4 Å². The van der Waals surface area contributed by atoms with E-state index >= 15 is 0 Å². The van der Waals surface area contributed by atoms with Gasteiger partial charge in [-0.15, -0.1) is 0 Å².